The Kier molecular flexibility index (Phi) is 5.57. The molecule has 25 heavy (non-hydrogen) atoms. The van der Waals surface area contributed by atoms with Gasteiger partial charge in [0.1, 0.15) is 0 Å². The van der Waals surface area contributed by atoms with Crippen LogP contribution in [0.3, 0.4) is 0 Å². The molecule has 3 rings (SSSR count). The van der Waals surface area contributed by atoms with Crippen LogP contribution in [0.15, 0.2) is 60.7 Å². The minimum atomic E-state index is -1.47. The summed E-state index contributed by atoms with van der Waals surface area (Å²) in [6, 6.07) is 19.2. The van der Waals surface area contributed by atoms with Crippen molar-refractivity contribution in [1.29, 1.82) is 0 Å². The van der Waals surface area contributed by atoms with Crippen LogP contribution in [-0.2, 0) is 5.60 Å². The molecule has 3 nitrogen and oxygen atoms in total. The van der Waals surface area contributed by atoms with Gasteiger partial charge in [-0.2, -0.15) is 0 Å². The molecule has 1 aliphatic heterocycles. The zero-order valence-electron chi connectivity index (χ0n) is 15.1. The standard InChI is InChI=1S/C22H29NO2/c1-2-16-21(24,23-17-10-5-11-18-23)22(25,19-12-6-3-7-13-19)20-14-8-4-9-15-20/h3-4,6-9,12-15,24-25H,2,5,10-11,16-18H2,1H3. The maximum absolute atomic E-state index is 12.1. The second kappa shape index (κ2) is 7.69. The molecule has 1 aliphatic rings. The number of benzene rings is 2. The van der Waals surface area contributed by atoms with Gasteiger partial charge < -0.3 is 10.2 Å². The minimum Gasteiger partial charge on any atom is -0.376 e. The monoisotopic (exact) mass is 339 g/mol. The molecule has 0 saturated carbocycles. The van der Waals surface area contributed by atoms with Crippen LogP contribution in [0.4, 0.5) is 0 Å². The molecule has 1 saturated heterocycles. The van der Waals surface area contributed by atoms with Crippen LogP contribution in [0.1, 0.15) is 50.2 Å². The Morgan fingerprint density at radius 3 is 1.72 bits per heavy atom. The van der Waals surface area contributed by atoms with Crippen molar-refractivity contribution >= 4 is 0 Å². The van der Waals surface area contributed by atoms with E-state index in [9.17, 15) is 10.2 Å². The highest BCUT2D eigenvalue weighted by Crippen LogP contribution is 2.44. The van der Waals surface area contributed by atoms with Gasteiger partial charge in [0.25, 0.3) is 0 Å². The summed E-state index contributed by atoms with van der Waals surface area (Å²) in [7, 11) is 0. The van der Waals surface area contributed by atoms with Gasteiger partial charge in [-0.3, -0.25) is 4.90 Å². The van der Waals surface area contributed by atoms with Gasteiger partial charge in [-0.1, -0.05) is 80.4 Å². The Labute approximate surface area is 150 Å². The molecular formula is C22H29NO2. The number of aliphatic hydroxyl groups is 2. The fourth-order valence-electron chi connectivity index (χ4n) is 4.17. The van der Waals surface area contributed by atoms with Crippen LogP contribution >= 0.6 is 0 Å². The van der Waals surface area contributed by atoms with Gasteiger partial charge in [-0.25, -0.2) is 0 Å². The average molecular weight is 339 g/mol. The Balaban J connectivity index is 2.17. The van der Waals surface area contributed by atoms with Crippen LogP contribution in [0.5, 0.6) is 0 Å². The van der Waals surface area contributed by atoms with Gasteiger partial charge in [0, 0.05) is 13.1 Å². The number of hydrogen-bond donors (Lipinski definition) is 2. The highest BCUT2D eigenvalue weighted by molar-refractivity contribution is 5.39. The molecule has 2 N–H and O–H groups in total. The predicted molar refractivity (Wildman–Crippen MR) is 101 cm³/mol. The second-order valence-corrected chi connectivity index (χ2v) is 7.06. The topological polar surface area (TPSA) is 43.7 Å². The van der Waals surface area contributed by atoms with Crippen molar-refractivity contribution in [2.45, 2.75) is 50.4 Å². The van der Waals surface area contributed by atoms with Crippen molar-refractivity contribution in [1.82, 2.24) is 4.90 Å². The smallest absolute Gasteiger partial charge is 0.157 e. The highest BCUT2D eigenvalue weighted by atomic mass is 16.4. The van der Waals surface area contributed by atoms with Gasteiger partial charge in [0.2, 0.25) is 0 Å². The van der Waals surface area contributed by atoms with E-state index in [4.69, 9.17) is 0 Å². The van der Waals surface area contributed by atoms with Crippen molar-refractivity contribution in [2.75, 3.05) is 13.1 Å². The second-order valence-electron chi connectivity index (χ2n) is 7.06. The van der Waals surface area contributed by atoms with E-state index >= 15 is 0 Å². The van der Waals surface area contributed by atoms with Crippen LogP contribution in [-0.4, -0.2) is 33.9 Å². The van der Waals surface area contributed by atoms with Gasteiger partial charge in [-0.15, -0.1) is 0 Å². The zero-order chi connectivity index (χ0) is 17.8. The summed E-state index contributed by atoms with van der Waals surface area (Å²) in [5.74, 6) is 0. The molecule has 0 bridgehead atoms. The summed E-state index contributed by atoms with van der Waals surface area (Å²) in [5, 5.41) is 24.0. The number of piperidine rings is 1. The maximum atomic E-state index is 12.1. The van der Waals surface area contributed by atoms with E-state index in [-0.39, 0.29) is 0 Å². The zero-order valence-corrected chi connectivity index (χ0v) is 15.1. The molecule has 0 amide bonds. The van der Waals surface area contributed by atoms with Crippen molar-refractivity contribution in [3.63, 3.8) is 0 Å². The summed E-state index contributed by atoms with van der Waals surface area (Å²) < 4.78 is 0. The molecule has 134 valence electrons. The van der Waals surface area contributed by atoms with E-state index in [0.717, 1.165) is 43.5 Å². The van der Waals surface area contributed by atoms with E-state index in [0.29, 0.717) is 6.42 Å². The SMILES string of the molecule is CCCC(O)(N1CCCCC1)C(O)(c1ccccc1)c1ccccc1. The summed E-state index contributed by atoms with van der Waals surface area (Å²) in [4.78, 5) is 2.10. The lowest BCUT2D eigenvalue weighted by atomic mass is 9.74. The summed E-state index contributed by atoms with van der Waals surface area (Å²) >= 11 is 0. The predicted octanol–water partition coefficient (Wildman–Crippen LogP) is 3.90. The fraction of sp³-hybridized carbons (Fsp3) is 0.455. The molecule has 1 unspecified atom stereocenters. The molecule has 1 fully saturated rings. The van der Waals surface area contributed by atoms with Crippen molar-refractivity contribution in [3.8, 4) is 0 Å². The number of likely N-dealkylation sites (tertiary alicyclic amines) is 1. The lowest BCUT2D eigenvalue weighted by Gasteiger charge is -2.51. The fourth-order valence-corrected chi connectivity index (χ4v) is 4.17. The van der Waals surface area contributed by atoms with E-state index in [1.807, 2.05) is 60.7 Å². The molecule has 2 aromatic rings. The molecule has 1 atom stereocenters. The quantitative estimate of drug-likeness (QED) is 0.839. The van der Waals surface area contributed by atoms with E-state index in [1.165, 1.54) is 6.42 Å². The lowest BCUT2D eigenvalue weighted by Crippen LogP contribution is -2.64. The molecular weight excluding hydrogens is 310 g/mol. The summed E-state index contributed by atoms with van der Waals surface area (Å²) in [6.07, 6.45) is 4.63. The van der Waals surface area contributed by atoms with Gasteiger partial charge >= 0.3 is 0 Å². The van der Waals surface area contributed by atoms with Crippen molar-refractivity contribution in [3.05, 3.63) is 71.8 Å². The van der Waals surface area contributed by atoms with Crippen molar-refractivity contribution in [2.24, 2.45) is 0 Å². The van der Waals surface area contributed by atoms with Gasteiger partial charge in [-0.05, 0) is 30.4 Å². The maximum Gasteiger partial charge on any atom is 0.157 e. The molecule has 0 radical (unpaired) electrons. The molecule has 3 heteroatoms. The highest BCUT2D eigenvalue weighted by Gasteiger charge is 2.54. The molecule has 2 aromatic carbocycles. The Bertz CT molecular complexity index is 613. The minimum absolute atomic E-state index is 0.521. The van der Waals surface area contributed by atoms with E-state index in [2.05, 4.69) is 11.8 Å². The van der Waals surface area contributed by atoms with E-state index < -0.39 is 11.3 Å². The third kappa shape index (κ3) is 3.24. The molecule has 0 aliphatic carbocycles. The summed E-state index contributed by atoms with van der Waals surface area (Å²) in [5.41, 5.74) is -1.32. The van der Waals surface area contributed by atoms with Gasteiger partial charge in [0.05, 0.1) is 0 Å². The Hall–Kier alpha value is -1.68. The Morgan fingerprint density at radius 2 is 1.28 bits per heavy atom. The third-order valence-corrected chi connectivity index (χ3v) is 5.44. The number of rotatable bonds is 6. The average Bonchev–Trinajstić information content (AvgIpc) is 2.69. The largest absolute Gasteiger partial charge is 0.376 e. The van der Waals surface area contributed by atoms with Crippen LogP contribution in [0.25, 0.3) is 0 Å². The van der Waals surface area contributed by atoms with Gasteiger partial charge in [0.15, 0.2) is 11.3 Å². The first kappa shape index (κ1) is 18.1. The lowest BCUT2D eigenvalue weighted by molar-refractivity contribution is -0.230. The van der Waals surface area contributed by atoms with Crippen LogP contribution < -0.4 is 0 Å². The van der Waals surface area contributed by atoms with Crippen LogP contribution in [0.2, 0.25) is 0 Å². The molecule has 0 aromatic heterocycles. The van der Waals surface area contributed by atoms with Crippen LogP contribution in [0, 0.1) is 0 Å². The first-order chi connectivity index (χ1) is 12.1. The number of nitrogens with zero attached hydrogens (tertiary/aromatic N) is 1. The first-order valence-corrected chi connectivity index (χ1v) is 9.44. The molecule has 1 heterocycles. The number of hydrogen-bond acceptors (Lipinski definition) is 3. The summed E-state index contributed by atoms with van der Waals surface area (Å²) in [6.45, 7) is 3.70. The normalized spacial score (nSPS) is 18.7. The third-order valence-electron chi connectivity index (χ3n) is 5.44. The van der Waals surface area contributed by atoms with Crippen molar-refractivity contribution < 1.29 is 10.2 Å². The van der Waals surface area contributed by atoms with E-state index in [1.54, 1.807) is 0 Å². The first-order valence-electron chi connectivity index (χ1n) is 9.44. The Morgan fingerprint density at radius 1 is 0.800 bits per heavy atom. The molecule has 0 spiro atoms.